The summed E-state index contributed by atoms with van der Waals surface area (Å²) < 4.78 is 0. The van der Waals surface area contributed by atoms with Crippen LogP contribution in [0.25, 0.3) is 0 Å². The number of hydrogen-bond acceptors (Lipinski definition) is 2. The summed E-state index contributed by atoms with van der Waals surface area (Å²) in [6.07, 6.45) is 4.59. The zero-order valence-electron chi connectivity index (χ0n) is 11.0. The quantitative estimate of drug-likeness (QED) is 0.832. The van der Waals surface area contributed by atoms with Gasteiger partial charge in [-0.3, -0.25) is 4.98 Å². The Balaban J connectivity index is 2.25. The minimum Gasteiger partial charge on any atom is -0.377 e. The van der Waals surface area contributed by atoms with E-state index in [9.17, 15) is 0 Å². The first kappa shape index (κ1) is 14.2. The molecule has 0 fully saturated rings. The molecule has 0 aliphatic carbocycles. The van der Waals surface area contributed by atoms with Crippen LogP contribution < -0.4 is 5.32 Å². The number of rotatable bonds is 4. The highest BCUT2D eigenvalue weighted by molar-refractivity contribution is 6.42. The molecule has 100 valence electrons. The summed E-state index contributed by atoms with van der Waals surface area (Å²) in [6.45, 7) is 4.19. The van der Waals surface area contributed by atoms with E-state index in [1.54, 1.807) is 6.20 Å². The van der Waals surface area contributed by atoms with Crippen molar-refractivity contribution in [3.63, 3.8) is 0 Å². The lowest BCUT2D eigenvalue weighted by molar-refractivity contribution is 0.748. The molecule has 0 saturated heterocycles. The van der Waals surface area contributed by atoms with Gasteiger partial charge in [-0.25, -0.2) is 0 Å². The molecule has 0 bridgehead atoms. The molecule has 19 heavy (non-hydrogen) atoms. The molecular formula is C15H16Cl2N2. The van der Waals surface area contributed by atoms with Crippen molar-refractivity contribution >= 4 is 28.9 Å². The van der Waals surface area contributed by atoms with Crippen molar-refractivity contribution in [2.24, 2.45) is 0 Å². The third kappa shape index (κ3) is 3.40. The second kappa shape index (κ2) is 6.27. The summed E-state index contributed by atoms with van der Waals surface area (Å²) >= 11 is 12.0. The van der Waals surface area contributed by atoms with E-state index in [2.05, 4.69) is 24.1 Å². The lowest BCUT2D eigenvalue weighted by Gasteiger charge is -2.20. The Morgan fingerprint density at radius 1 is 1.21 bits per heavy atom. The zero-order chi connectivity index (χ0) is 13.8. The Labute approximate surface area is 123 Å². The molecular weight excluding hydrogens is 279 g/mol. The van der Waals surface area contributed by atoms with E-state index in [0.717, 1.165) is 17.7 Å². The van der Waals surface area contributed by atoms with Crippen LogP contribution in [0.4, 0.5) is 5.69 Å². The number of anilines is 1. The lowest BCUT2D eigenvalue weighted by atomic mass is 10.0. The molecule has 2 aromatic rings. The summed E-state index contributed by atoms with van der Waals surface area (Å²) in [5.74, 6) is 0. The van der Waals surface area contributed by atoms with Gasteiger partial charge in [0.25, 0.3) is 0 Å². The van der Waals surface area contributed by atoms with E-state index in [4.69, 9.17) is 23.2 Å². The molecule has 2 nitrogen and oxygen atoms in total. The fraction of sp³-hybridized carbons (Fsp3) is 0.267. The van der Waals surface area contributed by atoms with Gasteiger partial charge in [-0.2, -0.15) is 0 Å². The lowest BCUT2D eigenvalue weighted by Crippen LogP contribution is -2.10. The van der Waals surface area contributed by atoms with Crippen molar-refractivity contribution in [1.82, 2.24) is 4.98 Å². The van der Waals surface area contributed by atoms with Crippen LogP contribution in [-0.4, -0.2) is 4.98 Å². The van der Waals surface area contributed by atoms with Crippen molar-refractivity contribution in [3.05, 3.63) is 57.8 Å². The van der Waals surface area contributed by atoms with Gasteiger partial charge in [0.15, 0.2) is 0 Å². The normalized spacial score (nSPS) is 12.2. The van der Waals surface area contributed by atoms with Gasteiger partial charge in [-0.1, -0.05) is 36.2 Å². The van der Waals surface area contributed by atoms with Gasteiger partial charge in [0.05, 0.1) is 28.0 Å². The van der Waals surface area contributed by atoms with Gasteiger partial charge < -0.3 is 5.32 Å². The smallest absolute Gasteiger partial charge is 0.0595 e. The van der Waals surface area contributed by atoms with Crippen LogP contribution >= 0.6 is 23.2 Å². The topological polar surface area (TPSA) is 24.9 Å². The molecule has 0 spiro atoms. The fourth-order valence-electron chi connectivity index (χ4n) is 1.95. The van der Waals surface area contributed by atoms with Crippen molar-refractivity contribution in [2.45, 2.75) is 26.3 Å². The Kier molecular flexibility index (Phi) is 4.67. The van der Waals surface area contributed by atoms with E-state index >= 15 is 0 Å². The monoisotopic (exact) mass is 294 g/mol. The van der Waals surface area contributed by atoms with E-state index in [-0.39, 0.29) is 6.04 Å². The maximum Gasteiger partial charge on any atom is 0.0595 e. The van der Waals surface area contributed by atoms with Gasteiger partial charge >= 0.3 is 0 Å². The SMILES string of the molecule is CCC(Nc1cnccc1C)c1ccc(Cl)c(Cl)c1. The molecule has 1 atom stereocenters. The Morgan fingerprint density at radius 3 is 2.63 bits per heavy atom. The highest BCUT2D eigenvalue weighted by atomic mass is 35.5. The second-order valence-corrected chi connectivity index (χ2v) is 5.28. The minimum absolute atomic E-state index is 0.192. The number of pyridine rings is 1. The van der Waals surface area contributed by atoms with Gasteiger partial charge in [-0.15, -0.1) is 0 Å². The largest absolute Gasteiger partial charge is 0.377 e. The average Bonchev–Trinajstić information content (AvgIpc) is 2.41. The van der Waals surface area contributed by atoms with Gasteiger partial charge in [0.1, 0.15) is 0 Å². The molecule has 0 amide bonds. The molecule has 2 rings (SSSR count). The molecule has 0 aliphatic rings. The third-order valence-corrected chi connectivity index (χ3v) is 3.86. The molecule has 0 saturated carbocycles. The van der Waals surface area contributed by atoms with Crippen LogP contribution in [0, 0.1) is 6.92 Å². The van der Waals surface area contributed by atoms with Crippen molar-refractivity contribution in [3.8, 4) is 0 Å². The van der Waals surface area contributed by atoms with Gasteiger partial charge in [0.2, 0.25) is 0 Å². The molecule has 1 unspecified atom stereocenters. The molecule has 0 aliphatic heterocycles. The first-order valence-corrected chi connectivity index (χ1v) is 6.99. The van der Waals surface area contributed by atoms with Gasteiger partial charge in [-0.05, 0) is 42.7 Å². The summed E-state index contributed by atoms with van der Waals surface area (Å²) in [4.78, 5) is 4.15. The Bertz CT molecular complexity index is 570. The van der Waals surface area contributed by atoms with E-state index in [1.165, 1.54) is 5.56 Å². The van der Waals surface area contributed by atoms with Gasteiger partial charge in [0, 0.05) is 6.20 Å². The second-order valence-electron chi connectivity index (χ2n) is 4.47. The number of aryl methyl sites for hydroxylation is 1. The third-order valence-electron chi connectivity index (χ3n) is 3.12. The molecule has 0 radical (unpaired) electrons. The predicted octanol–water partition coefficient (Wildman–Crippen LogP) is 5.26. The number of nitrogens with zero attached hydrogens (tertiary/aromatic N) is 1. The summed E-state index contributed by atoms with van der Waals surface area (Å²) in [5.41, 5.74) is 3.34. The first-order valence-electron chi connectivity index (χ1n) is 6.24. The molecule has 1 aromatic carbocycles. The summed E-state index contributed by atoms with van der Waals surface area (Å²) in [7, 11) is 0. The average molecular weight is 295 g/mol. The van der Waals surface area contributed by atoms with Crippen LogP contribution in [0.1, 0.15) is 30.5 Å². The predicted molar refractivity (Wildman–Crippen MR) is 82.1 cm³/mol. The zero-order valence-corrected chi connectivity index (χ0v) is 12.5. The summed E-state index contributed by atoms with van der Waals surface area (Å²) in [6, 6.07) is 7.93. The highest BCUT2D eigenvalue weighted by Gasteiger charge is 2.12. The maximum absolute atomic E-state index is 6.08. The van der Waals surface area contributed by atoms with Crippen LogP contribution in [0.2, 0.25) is 10.0 Å². The van der Waals surface area contributed by atoms with Crippen molar-refractivity contribution < 1.29 is 0 Å². The van der Waals surface area contributed by atoms with Crippen molar-refractivity contribution in [2.75, 3.05) is 5.32 Å². The molecule has 1 heterocycles. The van der Waals surface area contributed by atoms with Crippen LogP contribution in [-0.2, 0) is 0 Å². The number of nitrogens with one attached hydrogen (secondary N) is 1. The first-order chi connectivity index (χ1) is 9.11. The maximum atomic E-state index is 6.08. The molecule has 1 aromatic heterocycles. The fourth-order valence-corrected chi connectivity index (χ4v) is 2.26. The van der Waals surface area contributed by atoms with Crippen LogP contribution in [0.3, 0.4) is 0 Å². The highest BCUT2D eigenvalue weighted by Crippen LogP contribution is 2.29. The van der Waals surface area contributed by atoms with E-state index in [1.807, 2.05) is 30.5 Å². The summed E-state index contributed by atoms with van der Waals surface area (Å²) in [5, 5.41) is 4.66. The molecule has 4 heteroatoms. The van der Waals surface area contributed by atoms with E-state index in [0.29, 0.717) is 10.0 Å². The molecule has 1 N–H and O–H groups in total. The number of aromatic nitrogens is 1. The Morgan fingerprint density at radius 2 is 2.00 bits per heavy atom. The minimum atomic E-state index is 0.192. The van der Waals surface area contributed by atoms with Crippen molar-refractivity contribution in [1.29, 1.82) is 0 Å². The number of benzene rings is 1. The van der Waals surface area contributed by atoms with Crippen LogP contribution in [0.5, 0.6) is 0 Å². The number of hydrogen-bond donors (Lipinski definition) is 1. The van der Waals surface area contributed by atoms with E-state index < -0.39 is 0 Å². The standard InChI is InChI=1S/C15H16Cl2N2/c1-3-14(11-4-5-12(16)13(17)8-11)19-15-9-18-7-6-10(15)2/h4-9,14,19H,3H2,1-2H3. The Hall–Kier alpha value is -1.25. The number of halogens is 2. The van der Waals surface area contributed by atoms with Crippen LogP contribution in [0.15, 0.2) is 36.7 Å².